The zero-order chi connectivity index (χ0) is 23.4. The van der Waals surface area contributed by atoms with E-state index in [-0.39, 0.29) is 17.3 Å². The molecule has 0 aromatic rings. The molecule has 1 saturated heterocycles. The van der Waals surface area contributed by atoms with Gasteiger partial charge in [-0.05, 0) is 72.6 Å². The molecule has 1 aliphatic heterocycles. The number of carbonyl (C=O) groups excluding carboxylic acids is 3. The van der Waals surface area contributed by atoms with Crippen LogP contribution in [0.4, 0.5) is 0 Å². The van der Waals surface area contributed by atoms with Crippen molar-refractivity contribution in [1.29, 1.82) is 0 Å². The van der Waals surface area contributed by atoms with Crippen molar-refractivity contribution in [3.63, 3.8) is 0 Å². The molecule has 1 aliphatic carbocycles. The van der Waals surface area contributed by atoms with Gasteiger partial charge in [0.05, 0.1) is 5.41 Å². The molecule has 0 radical (unpaired) electrons. The van der Waals surface area contributed by atoms with Crippen molar-refractivity contribution in [2.75, 3.05) is 6.61 Å². The second-order valence-corrected chi connectivity index (χ2v) is 11.5. The maximum absolute atomic E-state index is 13.5. The van der Waals surface area contributed by atoms with Crippen molar-refractivity contribution >= 4 is 18.3 Å². The monoisotopic (exact) mass is 438 g/mol. The number of hydrogen-bond acceptors (Lipinski definition) is 5. The van der Waals surface area contributed by atoms with Gasteiger partial charge >= 0.3 is 5.97 Å². The molecule has 0 bridgehead atoms. The summed E-state index contributed by atoms with van der Waals surface area (Å²) in [7, 11) is 0. The first-order valence-electron chi connectivity index (χ1n) is 11.7. The first kappa shape index (κ1) is 25.6. The van der Waals surface area contributed by atoms with Crippen LogP contribution in [0.2, 0.25) is 0 Å². The zero-order valence-corrected chi connectivity index (χ0v) is 20.5. The molecule has 31 heavy (non-hydrogen) atoms. The van der Waals surface area contributed by atoms with Gasteiger partial charge in [0.15, 0.2) is 6.23 Å². The molecule has 1 N–H and O–H groups in total. The molecule has 2 aliphatic rings. The SMILES string of the molecule is CC(C)(C)NC(=O)[C@@H](N(C=O)C1OCCC[C@@H]1OC(=O)C(C)(C)C)C1(C)CCCCC1. The predicted octanol–water partition coefficient (Wildman–Crippen LogP) is 3.79. The fourth-order valence-electron chi connectivity index (χ4n) is 4.60. The Bertz CT molecular complexity index is 643. The van der Waals surface area contributed by atoms with E-state index in [1.807, 2.05) is 20.8 Å². The summed E-state index contributed by atoms with van der Waals surface area (Å²) in [4.78, 5) is 40.0. The second-order valence-electron chi connectivity index (χ2n) is 11.5. The van der Waals surface area contributed by atoms with E-state index >= 15 is 0 Å². The molecule has 2 amide bonds. The summed E-state index contributed by atoms with van der Waals surface area (Å²) >= 11 is 0. The fourth-order valence-corrected chi connectivity index (χ4v) is 4.60. The van der Waals surface area contributed by atoms with Crippen LogP contribution in [0, 0.1) is 10.8 Å². The number of rotatable bonds is 6. The van der Waals surface area contributed by atoms with E-state index in [1.54, 1.807) is 20.8 Å². The molecular formula is C24H42N2O5. The van der Waals surface area contributed by atoms with Crippen LogP contribution in [0.3, 0.4) is 0 Å². The minimum atomic E-state index is -0.771. The molecular weight excluding hydrogens is 396 g/mol. The van der Waals surface area contributed by atoms with Crippen molar-refractivity contribution in [3.05, 3.63) is 0 Å². The Morgan fingerprint density at radius 3 is 2.23 bits per heavy atom. The number of nitrogens with zero attached hydrogens (tertiary/aromatic N) is 1. The van der Waals surface area contributed by atoms with Gasteiger partial charge < -0.3 is 19.7 Å². The van der Waals surface area contributed by atoms with E-state index in [1.165, 1.54) is 4.90 Å². The largest absolute Gasteiger partial charge is 0.457 e. The van der Waals surface area contributed by atoms with Crippen LogP contribution in [-0.2, 0) is 23.9 Å². The Labute approximate surface area is 187 Å². The van der Waals surface area contributed by atoms with Crippen molar-refractivity contribution in [2.45, 2.75) is 117 Å². The number of carbonyl (C=O) groups is 3. The normalized spacial score (nSPS) is 25.3. The lowest BCUT2D eigenvalue weighted by atomic mass is 9.69. The van der Waals surface area contributed by atoms with Gasteiger partial charge in [-0.1, -0.05) is 26.2 Å². The summed E-state index contributed by atoms with van der Waals surface area (Å²) in [6, 6.07) is -0.691. The summed E-state index contributed by atoms with van der Waals surface area (Å²) in [5.41, 5.74) is -1.46. The summed E-state index contributed by atoms with van der Waals surface area (Å²) in [5, 5.41) is 3.07. The van der Waals surface area contributed by atoms with Crippen molar-refractivity contribution in [3.8, 4) is 0 Å². The van der Waals surface area contributed by atoms with Gasteiger partial charge in [0, 0.05) is 12.1 Å². The highest BCUT2D eigenvalue weighted by atomic mass is 16.6. The molecule has 0 aromatic heterocycles. The molecule has 7 heteroatoms. The molecule has 2 fully saturated rings. The average Bonchev–Trinajstić information content (AvgIpc) is 2.64. The van der Waals surface area contributed by atoms with Gasteiger partial charge in [0.2, 0.25) is 12.3 Å². The molecule has 3 atom stereocenters. The standard InChI is InChI=1S/C24H42N2O5/c1-22(2,3)21(29)31-17-12-11-15-30-20(17)26(16-27)18(19(28)25-23(4,5)6)24(7)13-9-8-10-14-24/h16-18,20H,8-15H2,1-7H3,(H,25,28)/t17-,18+,20?/m0/s1. The molecule has 0 spiro atoms. The Hall–Kier alpha value is -1.63. The van der Waals surface area contributed by atoms with Gasteiger partial charge in [-0.25, -0.2) is 0 Å². The van der Waals surface area contributed by atoms with Crippen LogP contribution >= 0.6 is 0 Å². The number of ether oxygens (including phenoxy) is 2. The van der Waals surface area contributed by atoms with Crippen molar-refractivity contribution < 1.29 is 23.9 Å². The molecule has 7 nitrogen and oxygen atoms in total. The van der Waals surface area contributed by atoms with Crippen LogP contribution in [0.15, 0.2) is 0 Å². The van der Waals surface area contributed by atoms with E-state index in [0.29, 0.717) is 19.4 Å². The van der Waals surface area contributed by atoms with E-state index in [2.05, 4.69) is 12.2 Å². The maximum Gasteiger partial charge on any atom is 0.311 e. The first-order valence-corrected chi connectivity index (χ1v) is 11.7. The maximum atomic E-state index is 13.5. The lowest BCUT2D eigenvalue weighted by molar-refractivity contribution is -0.203. The van der Waals surface area contributed by atoms with E-state index < -0.39 is 29.3 Å². The predicted molar refractivity (Wildman–Crippen MR) is 119 cm³/mol. The highest BCUT2D eigenvalue weighted by Crippen LogP contribution is 2.42. The zero-order valence-electron chi connectivity index (χ0n) is 20.5. The quantitative estimate of drug-likeness (QED) is 0.504. The fraction of sp³-hybridized carbons (Fsp3) is 0.875. The van der Waals surface area contributed by atoms with Crippen molar-refractivity contribution in [2.24, 2.45) is 10.8 Å². The molecule has 2 rings (SSSR count). The molecule has 1 saturated carbocycles. The summed E-state index contributed by atoms with van der Waals surface area (Å²) in [6.45, 7) is 13.7. The van der Waals surface area contributed by atoms with Gasteiger partial charge in [0.1, 0.15) is 12.1 Å². The van der Waals surface area contributed by atoms with E-state index in [9.17, 15) is 14.4 Å². The number of amides is 2. The third kappa shape index (κ3) is 6.67. The van der Waals surface area contributed by atoms with Gasteiger partial charge in [-0.3, -0.25) is 14.4 Å². The van der Waals surface area contributed by atoms with Crippen LogP contribution in [0.25, 0.3) is 0 Å². The summed E-state index contributed by atoms with van der Waals surface area (Å²) in [5.74, 6) is -0.516. The molecule has 1 unspecified atom stereocenters. The lowest BCUT2D eigenvalue weighted by Crippen LogP contribution is -2.64. The van der Waals surface area contributed by atoms with Crippen molar-refractivity contribution in [1.82, 2.24) is 10.2 Å². The number of nitrogens with one attached hydrogen (secondary N) is 1. The van der Waals surface area contributed by atoms with Gasteiger partial charge in [0.25, 0.3) is 0 Å². The lowest BCUT2D eigenvalue weighted by Gasteiger charge is -2.48. The third-order valence-electron chi connectivity index (χ3n) is 6.23. The Morgan fingerprint density at radius 1 is 1.10 bits per heavy atom. The van der Waals surface area contributed by atoms with Crippen LogP contribution < -0.4 is 5.32 Å². The van der Waals surface area contributed by atoms with Gasteiger partial charge in [-0.15, -0.1) is 0 Å². The summed E-state index contributed by atoms with van der Waals surface area (Å²) in [6.07, 6.45) is 5.58. The molecule has 0 aromatic carbocycles. The van der Waals surface area contributed by atoms with Crippen LogP contribution in [0.1, 0.15) is 93.4 Å². The first-order chi connectivity index (χ1) is 14.3. The molecule has 178 valence electrons. The Morgan fingerprint density at radius 2 is 1.71 bits per heavy atom. The number of esters is 1. The molecule has 1 heterocycles. The number of hydrogen-bond donors (Lipinski definition) is 1. The smallest absolute Gasteiger partial charge is 0.311 e. The van der Waals surface area contributed by atoms with Gasteiger partial charge in [-0.2, -0.15) is 0 Å². The topological polar surface area (TPSA) is 84.9 Å². The van der Waals surface area contributed by atoms with Crippen LogP contribution in [-0.4, -0.2) is 53.7 Å². The average molecular weight is 439 g/mol. The highest BCUT2D eigenvalue weighted by molar-refractivity contribution is 5.85. The highest BCUT2D eigenvalue weighted by Gasteiger charge is 2.49. The van der Waals surface area contributed by atoms with Crippen LogP contribution in [0.5, 0.6) is 0 Å². The van der Waals surface area contributed by atoms with E-state index in [0.717, 1.165) is 38.5 Å². The Balaban J connectivity index is 2.39. The minimum Gasteiger partial charge on any atom is -0.457 e. The minimum absolute atomic E-state index is 0.181. The Kier molecular flexibility index (Phi) is 8.17. The third-order valence-corrected chi connectivity index (χ3v) is 6.23. The second kappa shape index (κ2) is 9.88. The van der Waals surface area contributed by atoms with E-state index in [4.69, 9.17) is 9.47 Å². The summed E-state index contributed by atoms with van der Waals surface area (Å²) < 4.78 is 11.8.